The minimum atomic E-state index is -4.73. The lowest BCUT2D eigenvalue weighted by Gasteiger charge is -2.17. The fourth-order valence-electron chi connectivity index (χ4n) is 2.07. The van der Waals surface area contributed by atoms with Gasteiger partial charge >= 0.3 is 6.18 Å². The molecular weight excluding hydrogens is 274 g/mol. The van der Waals surface area contributed by atoms with Crippen LogP contribution in [0.3, 0.4) is 0 Å². The van der Waals surface area contributed by atoms with Crippen LogP contribution in [0.4, 0.5) is 17.6 Å². The maximum atomic E-state index is 13.3. The number of hydrogen-bond acceptors (Lipinski definition) is 2. The van der Waals surface area contributed by atoms with Gasteiger partial charge in [-0.25, -0.2) is 4.39 Å². The van der Waals surface area contributed by atoms with Crippen molar-refractivity contribution in [3.8, 4) is 0 Å². The number of nitrogens with one attached hydrogen (secondary N) is 1. The Morgan fingerprint density at radius 1 is 1.20 bits per heavy atom. The van der Waals surface area contributed by atoms with Gasteiger partial charge in [0.2, 0.25) is 0 Å². The van der Waals surface area contributed by atoms with E-state index in [1.807, 2.05) is 0 Å². The number of aryl methyl sites for hydroxylation is 1. The van der Waals surface area contributed by atoms with E-state index in [1.165, 1.54) is 12.3 Å². The maximum absolute atomic E-state index is 13.3. The average molecular weight is 287 g/mol. The van der Waals surface area contributed by atoms with Crippen molar-refractivity contribution >= 4 is 0 Å². The van der Waals surface area contributed by atoms with Crippen molar-refractivity contribution in [2.75, 3.05) is 7.05 Å². The van der Waals surface area contributed by atoms with Gasteiger partial charge in [-0.2, -0.15) is 13.2 Å². The van der Waals surface area contributed by atoms with Gasteiger partial charge in [0.25, 0.3) is 0 Å². The number of halogens is 4. The van der Waals surface area contributed by atoms with Crippen molar-refractivity contribution in [2.24, 2.45) is 0 Å². The van der Waals surface area contributed by atoms with Crippen LogP contribution in [0.2, 0.25) is 0 Å². The topological polar surface area (TPSA) is 25.2 Å². The molecule has 0 aliphatic carbocycles. The second-order valence-corrected chi connectivity index (χ2v) is 4.43. The minimum Gasteiger partial charge on any atom is -0.467 e. The summed E-state index contributed by atoms with van der Waals surface area (Å²) < 4.78 is 56.8. The predicted octanol–water partition coefficient (Wildman–Crippen LogP) is 4.05. The Kier molecular flexibility index (Phi) is 3.85. The smallest absolute Gasteiger partial charge is 0.419 e. The zero-order valence-corrected chi connectivity index (χ0v) is 10.9. The first kappa shape index (κ1) is 14.6. The molecular formula is C14H13F4NO. The number of benzene rings is 1. The van der Waals surface area contributed by atoms with E-state index in [9.17, 15) is 17.6 Å². The first-order valence-corrected chi connectivity index (χ1v) is 5.92. The third-order valence-electron chi connectivity index (χ3n) is 3.08. The third-order valence-corrected chi connectivity index (χ3v) is 3.08. The molecule has 0 amide bonds. The zero-order valence-electron chi connectivity index (χ0n) is 10.9. The Balaban J connectivity index is 2.49. The molecule has 1 aromatic carbocycles. The van der Waals surface area contributed by atoms with Crippen molar-refractivity contribution in [1.29, 1.82) is 0 Å². The van der Waals surface area contributed by atoms with Gasteiger partial charge in [-0.1, -0.05) is 6.07 Å². The van der Waals surface area contributed by atoms with Gasteiger partial charge in [0.15, 0.2) is 0 Å². The van der Waals surface area contributed by atoms with Gasteiger partial charge in [0, 0.05) is 0 Å². The van der Waals surface area contributed by atoms with E-state index in [0.717, 1.165) is 17.7 Å². The summed E-state index contributed by atoms with van der Waals surface area (Å²) in [5, 5.41) is 2.88. The molecule has 1 N–H and O–H groups in total. The highest BCUT2D eigenvalue weighted by molar-refractivity contribution is 5.35. The van der Waals surface area contributed by atoms with E-state index in [-0.39, 0.29) is 0 Å². The summed E-state index contributed by atoms with van der Waals surface area (Å²) in [7, 11) is 1.60. The Hall–Kier alpha value is -1.82. The molecule has 1 atom stereocenters. The van der Waals surface area contributed by atoms with Crippen LogP contribution in [0.5, 0.6) is 0 Å². The third kappa shape index (κ3) is 2.70. The summed E-state index contributed by atoms with van der Waals surface area (Å²) in [6, 6.07) is 4.09. The highest BCUT2D eigenvalue weighted by atomic mass is 19.4. The molecule has 1 unspecified atom stereocenters. The fraction of sp³-hybridized carbons (Fsp3) is 0.286. The molecule has 0 bridgehead atoms. The van der Waals surface area contributed by atoms with Crippen LogP contribution in [0, 0.1) is 12.7 Å². The van der Waals surface area contributed by atoms with Crippen molar-refractivity contribution in [1.82, 2.24) is 5.32 Å². The van der Waals surface area contributed by atoms with E-state index >= 15 is 0 Å². The van der Waals surface area contributed by atoms with Gasteiger partial charge in [0.1, 0.15) is 11.6 Å². The molecule has 0 aliphatic rings. The fourth-order valence-corrected chi connectivity index (χ4v) is 2.07. The molecule has 2 nitrogen and oxygen atoms in total. The summed E-state index contributed by atoms with van der Waals surface area (Å²) >= 11 is 0. The number of rotatable bonds is 3. The monoisotopic (exact) mass is 287 g/mol. The van der Waals surface area contributed by atoms with Crippen LogP contribution in [0.1, 0.15) is 28.5 Å². The van der Waals surface area contributed by atoms with Crippen LogP contribution in [-0.2, 0) is 6.18 Å². The second-order valence-electron chi connectivity index (χ2n) is 4.43. The molecule has 0 fully saturated rings. The molecule has 0 aliphatic heterocycles. The van der Waals surface area contributed by atoms with Gasteiger partial charge < -0.3 is 9.73 Å². The molecule has 2 aromatic rings. The van der Waals surface area contributed by atoms with Crippen LogP contribution in [0.15, 0.2) is 34.9 Å². The summed E-state index contributed by atoms with van der Waals surface area (Å²) in [4.78, 5) is 0. The minimum absolute atomic E-state index is 0.291. The summed E-state index contributed by atoms with van der Waals surface area (Å²) in [6.07, 6.45) is -3.26. The highest BCUT2D eigenvalue weighted by Gasteiger charge is 2.35. The van der Waals surface area contributed by atoms with E-state index in [0.29, 0.717) is 11.3 Å². The van der Waals surface area contributed by atoms with Crippen LogP contribution in [-0.4, -0.2) is 7.05 Å². The second kappa shape index (κ2) is 5.28. The van der Waals surface area contributed by atoms with Crippen LogP contribution < -0.4 is 5.32 Å². The lowest BCUT2D eigenvalue weighted by atomic mass is 9.99. The van der Waals surface area contributed by atoms with E-state index < -0.39 is 23.6 Å². The van der Waals surface area contributed by atoms with Gasteiger partial charge in [0.05, 0.1) is 17.9 Å². The summed E-state index contributed by atoms with van der Waals surface area (Å²) in [5.41, 5.74) is -0.180. The Labute approximate surface area is 113 Å². The van der Waals surface area contributed by atoms with Gasteiger partial charge in [-0.05, 0) is 43.3 Å². The number of alkyl halides is 3. The predicted molar refractivity (Wildman–Crippen MR) is 65.7 cm³/mol. The standard InChI is InChI=1S/C14H13F4NO/c1-8-5-6-20-13(8)12(19-2)9-3-4-11(15)10(7-9)14(16,17)18/h3-7,12,19H,1-2H3. The van der Waals surface area contributed by atoms with Crippen LogP contribution >= 0.6 is 0 Å². The molecule has 0 saturated heterocycles. The first-order chi connectivity index (χ1) is 9.34. The lowest BCUT2D eigenvalue weighted by molar-refractivity contribution is -0.140. The molecule has 2 rings (SSSR count). The molecule has 1 heterocycles. The molecule has 6 heteroatoms. The van der Waals surface area contributed by atoms with Gasteiger partial charge in [-0.3, -0.25) is 0 Å². The van der Waals surface area contributed by atoms with Crippen molar-refractivity contribution in [2.45, 2.75) is 19.1 Å². The van der Waals surface area contributed by atoms with Crippen molar-refractivity contribution < 1.29 is 22.0 Å². The van der Waals surface area contributed by atoms with Crippen LogP contribution in [0.25, 0.3) is 0 Å². The number of furan rings is 1. The Morgan fingerprint density at radius 2 is 1.90 bits per heavy atom. The SMILES string of the molecule is CNC(c1ccc(F)c(C(F)(F)F)c1)c1occc1C. The number of hydrogen-bond donors (Lipinski definition) is 1. The lowest BCUT2D eigenvalue weighted by Crippen LogP contribution is -2.19. The molecule has 20 heavy (non-hydrogen) atoms. The van der Waals surface area contributed by atoms with Gasteiger partial charge in [-0.15, -0.1) is 0 Å². The maximum Gasteiger partial charge on any atom is 0.419 e. The average Bonchev–Trinajstić information content (AvgIpc) is 2.77. The normalized spacial score (nSPS) is 13.5. The quantitative estimate of drug-likeness (QED) is 0.861. The molecule has 108 valence electrons. The largest absolute Gasteiger partial charge is 0.467 e. The summed E-state index contributed by atoms with van der Waals surface area (Å²) in [5.74, 6) is -0.778. The molecule has 0 saturated carbocycles. The molecule has 0 radical (unpaired) electrons. The summed E-state index contributed by atoms with van der Waals surface area (Å²) in [6.45, 7) is 1.79. The molecule has 0 spiro atoms. The van der Waals surface area contributed by atoms with E-state index in [2.05, 4.69) is 5.32 Å². The Bertz CT molecular complexity index is 603. The highest BCUT2D eigenvalue weighted by Crippen LogP contribution is 2.34. The van der Waals surface area contributed by atoms with E-state index in [4.69, 9.17) is 4.42 Å². The first-order valence-electron chi connectivity index (χ1n) is 5.92. The zero-order chi connectivity index (χ0) is 14.9. The van der Waals surface area contributed by atoms with Crippen molar-refractivity contribution in [3.63, 3.8) is 0 Å². The van der Waals surface area contributed by atoms with E-state index in [1.54, 1.807) is 20.0 Å². The van der Waals surface area contributed by atoms with Crippen molar-refractivity contribution in [3.05, 3.63) is 58.8 Å². The Morgan fingerprint density at radius 3 is 2.40 bits per heavy atom. The molecule has 1 aromatic heterocycles.